The topological polar surface area (TPSA) is 446 Å². The number of rotatable bonds is 16. The van der Waals surface area contributed by atoms with Crippen molar-refractivity contribution in [3.63, 3.8) is 0 Å². The van der Waals surface area contributed by atoms with Gasteiger partial charge in [0.1, 0.15) is 0 Å². The van der Waals surface area contributed by atoms with Crippen molar-refractivity contribution < 1.29 is 113 Å². The number of carboxylic acids is 4. The van der Waals surface area contributed by atoms with E-state index in [-0.39, 0.29) is 0 Å². The Kier molecular flexibility index (Phi) is 12.0. The number of carbonyl (C=O) groups excluding carboxylic acids is 3. The van der Waals surface area contributed by atoms with Crippen LogP contribution < -0.4 is 0 Å². The van der Waals surface area contributed by atoms with E-state index in [1.165, 1.54) is 0 Å². The van der Waals surface area contributed by atoms with Crippen LogP contribution >= 0.6 is 0 Å². The second kappa shape index (κ2) is 13.2. The van der Waals surface area contributed by atoms with Gasteiger partial charge in [0.25, 0.3) is 10.1 Å². The Labute approximate surface area is 242 Å². The van der Waals surface area contributed by atoms with E-state index < -0.39 is 124 Å². The molecule has 0 spiro atoms. The van der Waals surface area contributed by atoms with Gasteiger partial charge >= 0.3 is 66.1 Å². The lowest BCUT2D eigenvalue weighted by Gasteiger charge is -2.30. The predicted octanol–water partition coefficient (Wildman–Crippen LogP) is -5.33. The molecule has 0 amide bonds. The van der Waals surface area contributed by atoms with Crippen LogP contribution in [-0.2, 0) is 73.4 Å². The van der Waals surface area contributed by atoms with Crippen LogP contribution in [0, 0.1) is 5.41 Å². The summed E-state index contributed by atoms with van der Waals surface area (Å²) in [5.74, 6) is -20.7. The van der Waals surface area contributed by atoms with E-state index in [4.69, 9.17) is 25.8 Å². The minimum atomic E-state index is -7.27. The fourth-order valence-electron chi connectivity index (χ4n) is 3.05. The summed E-state index contributed by atoms with van der Waals surface area (Å²) >= 11 is 0. The third-order valence-corrected chi connectivity index (χ3v) is 9.98. The number of hydrogen-bond acceptors (Lipinski definition) is 18. The molecule has 0 aliphatic carbocycles. The lowest BCUT2D eigenvalue weighted by atomic mass is 9.96. The second-order valence-electron chi connectivity index (χ2n) is 8.28. The first-order chi connectivity index (χ1) is 19.4. The second-order valence-corrected chi connectivity index (χ2v) is 13.2. The van der Waals surface area contributed by atoms with Crippen molar-refractivity contribution in [2.24, 2.45) is 0 Å². The van der Waals surface area contributed by atoms with E-state index in [0.717, 1.165) is 0 Å². The molecule has 0 bridgehead atoms. The van der Waals surface area contributed by atoms with Gasteiger partial charge in [-0.25, -0.2) is 14.4 Å². The normalized spacial score (nSPS) is 15.8. The smallest absolute Gasteiger partial charge is 0.358 e. The van der Waals surface area contributed by atoms with E-state index >= 15 is 0 Å². The maximum Gasteiger partial charge on any atom is 0.358 e. The highest BCUT2D eigenvalue weighted by Crippen LogP contribution is 2.35. The molecular weight excluding hydrogens is 686 g/mol. The molecule has 250 valence electrons. The first-order valence-corrected chi connectivity index (χ1v) is 14.6. The number of aliphatic carboxylic acids is 4. The lowest BCUT2D eigenvalue weighted by molar-refractivity contribution is -0.174. The molecule has 3 atom stereocenters. The largest absolute Gasteiger partial charge is 0.481 e. The summed E-state index contributed by atoms with van der Waals surface area (Å²) in [4.78, 5) is 80.8. The van der Waals surface area contributed by atoms with Crippen LogP contribution in [0.15, 0.2) is 0 Å². The lowest BCUT2D eigenvalue weighted by Crippen LogP contribution is -2.66. The van der Waals surface area contributed by atoms with Gasteiger partial charge < -0.3 is 40.1 Å². The molecule has 0 aliphatic rings. The van der Waals surface area contributed by atoms with E-state index in [1.807, 2.05) is 0 Å². The Morgan fingerprint density at radius 1 is 0.614 bits per heavy atom. The van der Waals surface area contributed by atoms with Crippen molar-refractivity contribution in [2.45, 2.75) is 46.2 Å². The average molecular weight is 706 g/mol. The first-order valence-electron chi connectivity index (χ1n) is 10.2. The van der Waals surface area contributed by atoms with Gasteiger partial charge in [-0.3, -0.25) is 38.2 Å². The molecule has 0 aromatic carbocycles. The zero-order valence-corrected chi connectivity index (χ0v) is 23.2. The summed E-state index contributed by atoms with van der Waals surface area (Å²) in [5, 5.41) is 57.8. The average Bonchev–Trinajstić information content (AvgIpc) is 2.72. The van der Waals surface area contributed by atoms with Crippen LogP contribution in [0.2, 0.25) is 0 Å². The van der Waals surface area contributed by atoms with Gasteiger partial charge in [0.05, 0.1) is 25.7 Å². The summed E-state index contributed by atoms with van der Waals surface area (Å²) in [6.07, 6.45) is -7.97. The molecule has 0 fully saturated rings. The molecule has 28 heteroatoms. The number of nitrogens with one attached hydrogen (secondary N) is 1. The van der Waals surface area contributed by atoms with Gasteiger partial charge in [-0.15, -0.1) is 0 Å². The molecule has 0 saturated carbocycles. The minimum Gasteiger partial charge on any atom is -0.481 e. The molecule has 0 radical (unpaired) electrons. The van der Waals surface area contributed by atoms with Crippen LogP contribution in [0.5, 0.6) is 0 Å². The summed E-state index contributed by atoms with van der Waals surface area (Å²) < 4.78 is 103. The third kappa shape index (κ3) is 8.91. The van der Waals surface area contributed by atoms with Crippen LogP contribution in [0.3, 0.4) is 0 Å². The van der Waals surface area contributed by atoms with Gasteiger partial charge in [-0.1, -0.05) is 0 Å². The fraction of sp³-hybridized carbons (Fsp3) is 0.500. The first kappa shape index (κ1) is 39.8. The maximum atomic E-state index is 12.7. The Morgan fingerprint density at radius 3 is 1.18 bits per heavy atom. The number of esters is 3. The summed E-state index contributed by atoms with van der Waals surface area (Å²) in [6.45, 7) is 0. The molecule has 0 aromatic rings. The molecule has 0 rings (SSSR count). The highest BCUT2D eigenvalue weighted by atomic mass is 32.3. The Bertz CT molecular complexity index is 1580. The highest BCUT2D eigenvalue weighted by molar-refractivity contribution is 8.08. The quantitative estimate of drug-likeness (QED) is 0.0235. The molecular formula is C16H19NO24S3. The number of hydrogen-bond donors (Lipinski definition) is 10. The monoisotopic (exact) mass is 705 g/mol. The molecule has 25 nitrogen and oxygen atoms in total. The molecule has 3 unspecified atom stereocenters. The number of carbonyl (C=O) groups is 7. The molecule has 0 heterocycles. The Hall–Kier alpha value is -4.19. The van der Waals surface area contributed by atoms with Crippen molar-refractivity contribution in [1.29, 1.82) is 5.41 Å². The maximum absolute atomic E-state index is 12.7. The van der Waals surface area contributed by atoms with Gasteiger partial charge in [0, 0.05) is 0 Å². The molecule has 0 aromatic heterocycles. The molecule has 0 aliphatic heterocycles. The highest BCUT2D eigenvalue weighted by Gasteiger charge is 2.74. The molecule has 44 heavy (non-hydrogen) atoms. The summed E-state index contributed by atoms with van der Waals surface area (Å²) in [5.41, 5.74) is -7.36. The van der Waals surface area contributed by atoms with Crippen molar-refractivity contribution in [2.75, 3.05) is 0 Å². The van der Waals surface area contributed by atoms with Crippen LogP contribution in [0.25, 0.3) is 0 Å². The fourth-order valence-corrected chi connectivity index (χ4v) is 7.64. The van der Waals surface area contributed by atoms with Crippen LogP contribution in [0.1, 0.15) is 25.7 Å². The van der Waals surface area contributed by atoms with Gasteiger partial charge in [0.2, 0.25) is 11.1 Å². The van der Waals surface area contributed by atoms with Crippen molar-refractivity contribution in [3.8, 4) is 0 Å². The van der Waals surface area contributed by atoms with Gasteiger partial charge in [-0.05, 0) is 0 Å². The van der Waals surface area contributed by atoms with E-state index in [2.05, 4.69) is 9.47 Å². The SMILES string of the molecule is N=C(OC(=O)CC(O)(CC(=O)O)C(=O)O)C(C(C(=O)OC(=O)CC(O)(CC(=O)O)C(=O)O)(S(=O)(=O)O)S(=O)(=O)O)S(=O)(=O)O. The van der Waals surface area contributed by atoms with Crippen LogP contribution in [-0.4, -0.2) is 138 Å². The van der Waals surface area contributed by atoms with Crippen molar-refractivity contribution in [1.82, 2.24) is 0 Å². The van der Waals surface area contributed by atoms with Crippen molar-refractivity contribution >= 4 is 78.0 Å². The van der Waals surface area contributed by atoms with Crippen LogP contribution in [0.4, 0.5) is 0 Å². The number of ether oxygens (including phenoxy) is 2. The zero-order valence-electron chi connectivity index (χ0n) is 20.8. The predicted molar refractivity (Wildman–Crippen MR) is 125 cm³/mol. The standard InChI is InChI=1S/C16H19NO24S3/c17-10(40-7(22)3-14(29,11(24)25)1-5(18)19)9(42(31,32)33)16(43(34,35)36,44(37,38)39)13(28)41-8(23)4-15(30,12(26)27)2-6(20)21/h9,17,29-30H,1-4H2,(H,18,19)(H,20,21)(H,24,25)(H,26,27)(H,31,32,33)(H,34,35,36)(H,37,38,39). The van der Waals surface area contributed by atoms with E-state index in [1.54, 1.807) is 0 Å². The molecule has 10 N–H and O–H groups in total. The van der Waals surface area contributed by atoms with E-state index in [0.29, 0.717) is 0 Å². The van der Waals surface area contributed by atoms with Crippen molar-refractivity contribution in [3.05, 3.63) is 0 Å². The minimum absolute atomic E-state index is 1.81. The summed E-state index contributed by atoms with van der Waals surface area (Å²) in [7, 11) is -21.4. The summed E-state index contributed by atoms with van der Waals surface area (Å²) in [6, 6.07) is 0. The Morgan fingerprint density at radius 2 is 0.932 bits per heavy atom. The van der Waals surface area contributed by atoms with E-state index in [9.17, 15) is 82.7 Å². The number of carboxylic acid groups (broad SMARTS) is 4. The zero-order chi connectivity index (χ0) is 35.4. The van der Waals surface area contributed by atoms with Gasteiger partial charge in [-0.2, -0.15) is 25.3 Å². The molecule has 0 saturated heterocycles. The van der Waals surface area contributed by atoms with Gasteiger partial charge in [0.15, 0.2) is 11.2 Å². The number of aliphatic hydroxyl groups is 2. The Balaban J connectivity index is 7.16. The third-order valence-electron chi connectivity index (χ3n) is 4.92.